The molecule has 0 radical (unpaired) electrons. The van der Waals surface area contributed by atoms with Crippen LogP contribution in [0.1, 0.15) is 35.7 Å². The molecule has 1 aliphatic rings. The van der Waals surface area contributed by atoms with Crippen LogP contribution in [-0.2, 0) is 16.4 Å². The Labute approximate surface area is 163 Å². The monoisotopic (exact) mass is 403 g/mol. The fraction of sp³-hybridized carbons (Fsp3) is 0.316. The van der Waals surface area contributed by atoms with Crippen LogP contribution in [0.3, 0.4) is 0 Å². The van der Waals surface area contributed by atoms with Crippen LogP contribution in [-0.4, -0.2) is 31.5 Å². The summed E-state index contributed by atoms with van der Waals surface area (Å²) in [5, 5.41) is 13.5. The van der Waals surface area contributed by atoms with Gasteiger partial charge in [-0.1, -0.05) is 6.92 Å². The summed E-state index contributed by atoms with van der Waals surface area (Å²) in [7, 11) is -3.35. The number of nitro groups is 1. The molecule has 2 aromatic carbocycles. The van der Waals surface area contributed by atoms with E-state index in [9.17, 15) is 23.3 Å². The molecule has 0 spiro atoms. The van der Waals surface area contributed by atoms with Crippen molar-refractivity contribution in [3.8, 4) is 0 Å². The highest BCUT2D eigenvalue weighted by Gasteiger charge is 2.27. The minimum atomic E-state index is -3.35. The molecule has 1 amide bonds. The van der Waals surface area contributed by atoms with Crippen LogP contribution in [0.25, 0.3) is 0 Å². The van der Waals surface area contributed by atoms with E-state index >= 15 is 0 Å². The molecule has 9 heteroatoms. The maximum atomic E-state index is 12.5. The Bertz CT molecular complexity index is 1000. The molecule has 8 nitrogen and oxygen atoms in total. The van der Waals surface area contributed by atoms with E-state index in [4.69, 9.17) is 0 Å². The number of benzene rings is 2. The summed E-state index contributed by atoms with van der Waals surface area (Å²) < 4.78 is 26.4. The molecule has 1 heterocycles. The van der Waals surface area contributed by atoms with E-state index in [1.54, 1.807) is 18.2 Å². The van der Waals surface area contributed by atoms with E-state index in [0.29, 0.717) is 29.9 Å². The lowest BCUT2D eigenvalue weighted by atomic mass is 10.0. The van der Waals surface area contributed by atoms with Crippen molar-refractivity contribution in [3.05, 3.63) is 63.7 Å². The Morgan fingerprint density at radius 1 is 1.21 bits per heavy atom. The van der Waals surface area contributed by atoms with E-state index in [0.717, 1.165) is 18.4 Å². The Balaban J connectivity index is 1.80. The first-order valence-corrected chi connectivity index (χ1v) is 10.6. The van der Waals surface area contributed by atoms with Crippen molar-refractivity contribution < 1.29 is 18.1 Å². The van der Waals surface area contributed by atoms with Gasteiger partial charge in [-0.3, -0.25) is 19.2 Å². The van der Waals surface area contributed by atoms with Crippen molar-refractivity contribution >= 4 is 33.0 Å². The number of non-ortho nitro benzene ring substituents is 1. The Hall–Kier alpha value is -2.94. The standard InChI is InChI=1S/C19H21N3O5S/c1-2-12-28(26,27)21-11-3-4-15-13-16(7-10-18(15)21)20-19(23)14-5-8-17(9-6-14)22(24)25/h5-10,13H,2-4,11-12H2,1H3,(H,20,23). The molecule has 0 unspecified atom stereocenters. The van der Waals surface area contributed by atoms with Gasteiger partial charge in [-0.05, 0) is 55.2 Å². The number of carbonyl (C=O) groups excluding carboxylic acids is 1. The number of rotatable bonds is 6. The molecular formula is C19H21N3O5S. The van der Waals surface area contributed by atoms with Gasteiger partial charge in [-0.2, -0.15) is 0 Å². The number of fused-ring (bicyclic) bond motifs is 1. The number of nitrogens with one attached hydrogen (secondary N) is 1. The molecule has 2 aromatic rings. The Morgan fingerprint density at radius 2 is 1.93 bits per heavy atom. The third-order valence-corrected chi connectivity index (χ3v) is 6.53. The zero-order valence-electron chi connectivity index (χ0n) is 15.4. The summed E-state index contributed by atoms with van der Waals surface area (Å²) in [6, 6.07) is 10.5. The first-order valence-electron chi connectivity index (χ1n) is 9.01. The minimum absolute atomic E-state index is 0.0845. The van der Waals surface area contributed by atoms with Crippen LogP contribution in [0.4, 0.5) is 17.1 Å². The van der Waals surface area contributed by atoms with Crippen molar-refractivity contribution in [2.75, 3.05) is 21.9 Å². The number of carbonyl (C=O) groups is 1. The lowest BCUT2D eigenvalue weighted by Gasteiger charge is -2.30. The third kappa shape index (κ3) is 4.14. The van der Waals surface area contributed by atoms with Crippen molar-refractivity contribution in [1.29, 1.82) is 0 Å². The second-order valence-corrected chi connectivity index (χ2v) is 8.61. The Kier molecular flexibility index (Phi) is 5.64. The molecule has 148 valence electrons. The van der Waals surface area contributed by atoms with Gasteiger partial charge in [0.05, 0.1) is 16.4 Å². The van der Waals surface area contributed by atoms with Gasteiger partial charge in [0.25, 0.3) is 11.6 Å². The molecule has 1 N–H and O–H groups in total. The fourth-order valence-corrected chi connectivity index (χ4v) is 4.86. The number of anilines is 2. The molecule has 0 atom stereocenters. The predicted octanol–water partition coefficient (Wildman–Crippen LogP) is 3.34. The number of hydrogen-bond donors (Lipinski definition) is 1. The van der Waals surface area contributed by atoms with Gasteiger partial charge >= 0.3 is 0 Å². The summed E-state index contributed by atoms with van der Waals surface area (Å²) in [5.41, 5.74) is 2.30. The van der Waals surface area contributed by atoms with Gasteiger partial charge in [-0.15, -0.1) is 0 Å². The fourth-order valence-electron chi connectivity index (χ4n) is 3.24. The van der Waals surface area contributed by atoms with Crippen LogP contribution in [0.5, 0.6) is 0 Å². The molecular weight excluding hydrogens is 382 g/mol. The molecule has 0 bridgehead atoms. The molecule has 3 rings (SSSR count). The maximum Gasteiger partial charge on any atom is 0.269 e. The summed E-state index contributed by atoms with van der Waals surface area (Å²) in [5.74, 6) is -0.286. The van der Waals surface area contributed by atoms with Crippen molar-refractivity contribution in [2.45, 2.75) is 26.2 Å². The van der Waals surface area contributed by atoms with E-state index in [2.05, 4.69) is 5.32 Å². The minimum Gasteiger partial charge on any atom is -0.322 e. The largest absolute Gasteiger partial charge is 0.322 e. The third-order valence-electron chi connectivity index (χ3n) is 4.55. The summed E-state index contributed by atoms with van der Waals surface area (Å²) in [6.07, 6.45) is 2.00. The lowest BCUT2D eigenvalue weighted by Crippen LogP contribution is -2.37. The number of aryl methyl sites for hydroxylation is 1. The molecule has 1 aliphatic heterocycles. The zero-order chi connectivity index (χ0) is 20.3. The van der Waals surface area contributed by atoms with Gasteiger partial charge in [0.2, 0.25) is 10.0 Å². The van der Waals surface area contributed by atoms with Crippen molar-refractivity contribution in [1.82, 2.24) is 0 Å². The van der Waals surface area contributed by atoms with E-state index in [-0.39, 0.29) is 17.3 Å². The second kappa shape index (κ2) is 7.97. The molecule has 0 aliphatic carbocycles. The van der Waals surface area contributed by atoms with Crippen LogP contribution in [0.2, 0.25) is 0 Å². The van der Waals surface area contributed by atoms with Crippen LogP contribution in [0.15, 0.2) is 42.5 Å². The van der Waals surface area contributed by atoms with E-state index in [1.807, 2.05) is 6.92 Å². The van der Waals surface area contributed by atoms with Gasteiger partial charge in [0.15, 0.2) is 0 Å². The smallest absolute Gasteiger partial charge is 0.269 e. The summed E-state index contributed by atoms with van der Waals surface area (Å²) >= 11 is 0. The van der Waals surface area contributed by atoms with Crippen LogP contribution < -0.4 is 9.62 Å². The quantitative estimate of drug-likeness (QED) is 0.588. The SMILES string of the molecule is CCCS(=O)(=O)N1CCCc2cc(NC(=O)c3ccc([N+](=O)[O-])cc3)ccc21. The molecule has 0 fully saturated rings. The molecule has 0 aromatic heterocycles. The van der Waals surface area contributed by atoms with E-state index < -0.39 is 14.9 Å². The number of hydrogen-bond acceptors (Lipinski definition) is 5. The molecule has 0 saturated heterocycles. The normalized spacial score (nSPS) is 13.7. The highest BCUT2D eigenvalue weighted by Crippen LogP contribution is 2.32. The Morgan fingerprint density at radius 3 is 2.57 bits per heavy atom. The first kappa shape index (κ1) is 19.8. The first-order chi connectivity index (χ1) is 13.3. The van der Waals surface area contributed by atoms with Gasteiger partial charge in [-0.25, -0.2) is 8.42 Å². The van der Waals surface area contributed by atoms with Crippen LogP contribution >= 0.6 is 0 Å². The van der Waals surface area contributed by atoms with E-state index in [1.165, 1.54) is 28.6 Å². The highest BCUT2D eigenvalue weighted by molar-refractivity contribution is 7.92. The maximum absolute atomic E-state index is 12.5. The summed E-state index contributed by atoms with van der Waals surface area (Å²) in [6.45, 7) is 2.29. The summed E-state index contributed by atoms with van der Waals surface area (Å²) in [4.78, 5) is 22.6. The molecule has 28 heavy (non-hydrogen) atoms. The number of sulfonamides is 1. The number of nitrogens with zero attached hydrogens (tertiary/aromatic N) is 2. The lowest BCUT2D eigenvalue weighted by molar-refractivity contribution is -0.384. The van der Waals surface area contributed by atoms with Gasteiger partial charge < -0.3 is 5.32 Å². The van der Waals surface area contributed by atoms with Gasteiger partial charge in [0.1, 0.15) is 0 Å². The predicted molar refractivity (Wildman–Crippen MR) is 107 cm³/mol. The van der Waals surface area contributed by atoms with Gasteiger partial charge in [0, 0.05) is 29.9 Å². The average molecular weight is 403 g/mol. The van der Waals surface area contributed by atoms with Crippen molar-refractivity contribution in [2.24, 2.45) is 0 Å². The average Bonchev–Trinajstić information content (AvgIpc) is 2.67. The van der Waals surface area contributed by atoms with Crippen molar-refractivity contribution in [3.63, 3.8) is 0 Å². The second-order valence-electron chi connectivity index (χ2n) is 6.59. The van der Waals surface area contributed by atoms with Crippen LogP contribution in [0, 0.1) is 10.1 Å². The topological polar surface area (TPSA) is 110 Å². The highest BCUT2D eigenvalue weighted by atomic mass is 32.2. The number of amides is 1. The zero-order valence-corrected chi connectivity index (χ0v) is 16.2. The molecule has 0 saturated carbocycles. The number of nitro benzene ring substituents is 1.